The van der Waals surface area contributed by atoms with Gasteiger partial charge in [-0.05, 0) is 52.9 Å². The molecule has 0 heterocycles. The van der Waals surface area contributed by atoms with Crippen molar-refractivity contribution in [1.82, 2.24) is 0 Å². The van der Waals surface area contributed by atoms with E-state index >= 15 is 0 Å². The number of rotatable bonds is 0. The highest BCUT2D eigenvalue weighted by Gasteiger charge is 2.42. The average Bonchev–Trinajstić information content (AvgIpc) is 2.79. The van der Waals surface area contributed by atoms with Gasteiger partial charge in [-0.2, -0.15) is 0 Å². The lowest BCUT2D eigenvalue weighted by Gasteiger charge is -2.32. The minimum atomic E-state index is -0.614. The van der Waals surface area contributed by atoms with Crippen molar-refractivity contribution in [2.75, 3.05) is 0 Å². The van der Waals surface area contributed by atoms with Crippen LogP contribution in [0.4, 0.5) is 0 Å². The molecule has 0 aliphatic heterocycles. The van der Waals surface area contributed by atoms with Crippen LogP contribution in [0.2, 0.25) is 0 Å². The molecule has 0 spiro atoms. The van der Waals surface area contributed by atoms with Crippen LogP contribution >= 0.6 is 0 Å². The number of hydrogen-bond donors (Lipinski definition) is 6. The quantitative estimate of drug-likeness (QED) is 0.341. The van der Waals surface area contributed by atoms with Gasteiger partial charge < -0.3 is 30.6 Å². The molecule has 2 unspecified atom stereocenters. The third-order valence-corrected chi connectivity index (χ3v) is 5.65. The normalized spacial score (nSPS) is 19.1. The maximum atomic E-state index is 10.6. The van der Waals surface area contributed by atoms with Crippen LogP contribution in [0, 0.1) is 0 Å². The van der Waals surface area contributed by atoms with Gasteiger partial charge in [-0.1, -0.05) is 0 Å². The summed E-state index contributed by atoms with van der Waals surface area (Å²) in [5.74, 6) is -1.88. The molecule has 136 valence electrons. The van der Waals surface area contributed by atoms with Crippen molar-refractivity contribution >= 4 is 0 Å². The van der Waals surface area contributed by atoms with Gasteiger partial charge in [0.25, 0.3) is 0 Å². The second-order valence-corrected chi connectivity index (χ2v) is 7.17. The molecule has 3 aromatic carbocycles. The van der Waals surface area contributed by atoms with E-state index in [0.717, 1.165) is 5.56 Å². The molecule has 6 heteroatoms. The van der Waals surface area contributed by atoms with Crippen molar-refractivity contribution in [3.63, 3.8) is 0 Å². The Balaban J connectivity index is 1.94. The van der Waals surface area contributed by atoms with Gasteiger partial charge >= 0.3 is 0 Å². The Labute approximate surface area is 153 Å². The summed E-state index contributed by atoms with van der Waals surface area (Å²) in [6.45, 7) is 0. The van der Waals surface area contributed by atoms with Crippen LogP contribution in [-0.2, 0) is 6.42 Å². The SMILES string of the molecule is Oc1cc(O)c2c(c1)CC1c3cc(O)c(O)cc3C2c2c(O)cc(O)cc21. The maximum Gasteiger partial charge on any atom is 0.157 e. The lowest BCUT2D eigenvalue weighted by molar-refractivity contribution is 0.401. The van der Waals surface area contributed by atoms with Crippen LogP contribution in [-0.4, -0.2) is 30.6 Å². The Kier molecular flexibility index (Phi) is 2.91. The number of hydrogen-bond acceptors (Lipinski definition) is 6. The molecule has 3 aliphatic rings. The van der Waals surface area contributed by atoms with Gasteiger partial charge in [0.1, 0.15) is 23.0 Å². The molecule has 0 saturated carbocycles. The Hall–Kier alpha value is -3.54. The minimum absolute atomic E-state index is 0.0709. The van der Waals surface area contributed by atoms with Crippen molar-refractivity contribution in [2.24, 2.45) is 0 Å². The van der Waals surface area contributed by atoms with Crippen molar-refractivity contribution < 1.29 is 30.6 Å². The maximum absolute atomic E-state index is 10.6. The van der Waals surface area contributed by atoms with Crippen molar-refractivity contribution in [3.05, 3.63) is 69.8 Å². The highest BCUT2D eigenvalue weighted by Crippen LogP contribution is 2.58. The minimum Gasteiger partial charge on any atom is -0.508 e. The van der Waals surface area contributed by atoms with E-state index in [4.69, 9.17) is 0 Å². The first kappa shape index (κ1) is 15.7. The Morgan fingerprint density at radius 3 is 1.85 bits per heavy atom. The fourth-order valence-corrected chi connectivity index (χ4v) is 4.65. The highest BCUT2D eigenvalue weighted by atomic mass is 16.3. The van der Waals surface area contributed by atoms with Crippen molar-refractivity contribution in [1.29, 1.82) is 0 Å². The molecule has 3 aromatic rings. The molecular formula is C21H16O6. The summed E-state index contributed by atoms with van der Waals surface area (Å²) in [5.41, 5.74) is 3.85. The van der Waals surface area contributed by atoms with Gasteiger partial charge in [-0.15, -0.1) is 0 Å². The molecule has 2 bridgehead atoms. The number of phenols is 6. The molecule has 0 saturated heterocycles. The van der Waals surface area contributed by atoms with E-state index < -0.39 is 5.92 Å². The average molecular weight is 364 g/mol. The fraction of sp³-hybridized carbons (Fsp3) is 0.143. The topological polar surface area (TPSA) is 121 Å². The van der Waals surface area contributed by atoms with E-state index in [1.54, 1.807) is 12.1 Å². The summed E-state index contributed by atoms with van der Waals surface area (Å²) >= 11 is 0. The molecule has 6 rings (SSSR count). The molecular weight excluding hydrogens is 348 g/mol. The Bertz CT molecular complexity index is 1120. The number of benzene rings is 3. The zero-order valence-corrected chi connectivity index (χ0v) is 14.0. The predicted octanol–water partition coefficient (Wildman–Crippen LogP) is 3.10. The summed E-state index contributed by atoms with van der Waals surface area (Å²) in [6, 6.07) is 8.56. The van der Waals surface area contributed by atoms with E-state index in [-0.39, 0.29) is 40.4 Å². The second kappa shape index (κ2) is 5.01. The van der Waals surface area contributed by atoms with E-state index in [9.17, 15) is 30.6 Å². The standard InChI is InChI=1S/C21H16O6/c22-9-1-8-2-11-12-6-15(24)16(25)7-14(12)21(19(8)17(26)4-9)20-13(11)3-10(23)5-18(20)27/h1,3-7,11,21-27H,2H2. The molecule has 0 amide bonds. The lowest BCUT2D eigenvalue weighted by atomic mass is 9.72. The molecule has 6 nitrogen and oxygen atoms in total. The third kappa shape index (κ3) is 2.01. The Morgan fingerprint density at radius 2 is 1.15 bits per heavy atom. The monoisotopic (exact) mass is 364 g/mol. The highest BCUT2D eigenvalue weighted by molar-refractivity contribution is 5.70. The Morgan fingerprint density at radius 1 is 0.556 bits per heavy atom. The predicted molar refractivity (Wildman–Crippen MR) is 95.8 cm³/mol. The lowest BCUT2D eigenvalue weighted by Crippen LogP contribution is -2.16. The summed E-state index contributed by atoms with van der Waals surface area (Å²) in [6.07, 6.45) is 0.390. The summed E-state index contributed by atoms with van der Waals surface area (Å²) < 4.78 is 0. The number of phenolic OH excluding ortho intramolecular Hbond substituents is 6. The molecule has 0 fully saturated rings. The van der Waals surface area contributed by atoms with Crippen LogP contribution in [0.3, 0.4) is 0 Å². The van der Waals surface area contributed by atoms with Gasteiger partial charge in [-0.25, -0.2) is 0 Å². The van der Waals surface area contributed by atoms with Gasteiger partial charge in [0.15, 0.2) is 11.5 Å². The van der Waals surface area contributed by atoms with Crippen LogP contribution in [0.25, 0.3) is 0 Å². The summed E-state index contributed by atoms with van der Waals surface area (Å²) in [7, 11) is 0. The van der Waals surface area contributed by atoms with Gasteiger partial charge in [0.05, 0.1) is 0 Å². The van der Waals surface area contributed by atoms with Gasteiger partial charge in [0, 0.05) is 35.1 Å². The summed E-state index contributed by atoms with van der Waals surface area (Å²) in [5, 5.41) is 61.3. The van der Waals surface area contributed by atoms with E-state index in [0.29, 0.717) is 34.2 Å². The molecule has 6 N–H and O–H groups in total. The van der Waals surface area contributed by atoms with E-state index in [2.05, 4.69) is 0 Å². The smallest absolute Gasteiger partial charge is 0.157 e. The zero-order valence-electron chi connectivity index (χ0n) is 14.0. The van der Waals surface area contributed by atoms with E-state index in [1.165, 1.54) is 24.3 Å². The second-order valence-electron chi connectivity index (χ2n) is 7.17. The molecule has 0 radical (unpaired) electrons. The van der Waals surface area contributed by atoms with Crippen molar-refractivity contribution in [3.8, 4) is 34.5 Å². The van der Waals surface area contributed by atoms with Crippen LogP contribution in [0.1, 0.15) is 45.2 Å². The molecule has 3 aliphatic carbocycles. The fourth-order valence-electron chi connectivity index (χ4n) is 4.65. The molecule has 0 aromatic heterocycles. The van der Waals surface area contributed by atoms with Gasteiger partial charge in [-0.3, -0.25) is 0 Å². The zero-order chi connectivity index (χ0) is 19.0. The molecule has 27 heavy (non-hydrogen) atoms. The largest absolute Gasteiger partial charge is 0.508 e. The first-order valence-corrected chi connectivity index (χ1v) is 8.51. The van der Waals surface area contributed by atoms with Crippen LogP contribution < -0.4 is 0 Å². The number of aromatic hydroxyl groups is 6. The summed E-state index contributed by atoms with van der Waals surface area (Å²) in [4.78, 5) is 0. The third-order valence-electron chi connectivity index (χ3n) is 5.65. The van der Waals surface area contributed by atoms with Crippen molar-refractivity contribution in [2.45, 2.75) is 18.3 Å². The first-order chi connectivity index (χ1) is 12.8. The van der Waals surface area contributed by atoms with Crippen LogP contribution in [0.5, 0.6) is 34.5 Å². The van der Waals surface area contributed by atoms with Gasteiger partial charge in [0.2, 0.25) is 0 Å². The molecule has 2 atom stereocenters. The first-order valence-electron chi connectivity index (χ1n) is 8.51. The van der Waals surface area contributed by atoms with E-state index in [1.807, 2.05) is 0 Å². The van der Waals surface area contributed by atoms with Crippen LogP contribution in [0.15, 0.2) is 36.4 Å².